The summed E-state index contributed by atoms with van der Waals surface area (Å²) < 4.78 is 18.6. The Morgan fingerprint density at radius 2 is 1.74 bits per heavy atom. The first-order valence-corrected chi connectivity index (χ1v) is 8.61. The lowest BCUT2D eigenvalue weighted by molar-refractivity contribution is -0.123. The topological polar surface area (TPSA) is 74.6 Å². The number of fused-ring (bicyclic) bond motifs is 1. The highest BCUT2D eigenvalue weighted by molar-refractivity contribution is 6.25. The molecule has 27 heavy (non-hydrogen) atoms. The summed E-state index contributed by atoms with van der Waals surface area (Å²) >= 11 is 0. The van der Waals surface area contributed by atoms with Crippen molar-refractivity contribution in [3.8, 4) is 5.75 Å². The first kappa shape index (κ1) is 17.1. The largest absolute Gasteiger partial charge is 0.494 e. The zero-order valence-corrected chi connectivity index (χ0v) is 14.6. The average Bonchev–Trinajstić information content (AvgIpc) is 3.18. The predicted octanol–water partition coefficient (Wildman–Crippen LogP) is 2.72. The van der Waals surface area contributed by atoms with E-state index in [0.29, 0.717) is 18.8 Å². The quantitative estimate of drug-likeness (QED) is 0.761. The summed E-state index contributed by atoms with van der Waals surface area (Å²) in [6.07, 6.45) is 0. The summed E-state index contributed by atoms with van der Waals surface area (Å²) in [7, 11) is 0. The van der Waals surface area contributed by atoms with Gasteiger partial charge in [-0.05, 0) is 48.9 Å². The molecule has 2 atom stereocenters. The highest BCUT2D eigenvalue weighted by Crippen LogP contribution is 2.32. The average molecular weight is 368 g/mol. The Hall–Kier alpha value is -3.29. The molecule has 2 aliphatic rings. The molecule has 0 N–H and O–H groups in total. The third kappa shape index (κ3) is 3.03. The molecule has 0 bridgehead atoms. The van der Waals surface area contributed by atoms with Crippen molar-refractivity contribution < 1.29 is 18.7 Å². The maximum Gasteiger partial charge on any atom is 0.263 e. The van der Waals surface area contributed by atoms with E-state index >= 15 is 0 Å². The third-order valence-electron chi connectivity index (χ3n) is 4.52. The van der Waals surface area contributed by atoms with Crippen molar-refractivity contribution in [1.29, 1.82) is 0 Å². The molecule has 8 heteroatoms. The minimum atomic E-state index is -0.870. The van der Waals surface area contributed by atoms with Crippen molar-refractivity contribution in [2.45, 2.75) is 25.6 Å². The van der Waals surface area contributed by atoms with Gasteiger partial charge in [0.25, 0.3) is 11.8 Å². The van der Waals surface area contributed by atoms with Gasteiger partial charge in [-0.3, -0.25) is 14.6 Å². The number of hydrogen-bond donors (Lipinski definition) is 0. The lowest BCUT2D eigenvalue weighted by Gasteiger charge is -2.20. The summed E-state index contributed by atoms with van der Waals surface area (Å²) in [5.74, 6) is -0.534. The van der Waals surface area contributed by atoms with E-state index in [0.717, 1.165) is 16.2 Å². The predicted molar refractivity (Wildman–Crippen MR) is 94.5 cm³/mol. The molecule has 0 saturated carbocycles. The van der Waals surface area contributed by atoms with Crippen LogP contribution in [0.2, 0.25) is 0 Å². The fraction of sp³-hybridized carbons (Fsp3) is 0.263. The number of ether oxygens (including phenoxy) is 1. The van der Waals surface area contributed by atoms with E-state index in [1.807, 2.05) is 31.2 Å². The summed E-state index contributed by atoms with van der Waals surface area (Å²) in [4.78, 5) is 26.5. The van der Waals surface area contributed by atoms with Crippen LogP contribution in [0.5, 0.6) is 5.75 Å². The van der Waals surface area contributed by atoms with Gasteiger partial charge < -0.3 is 4.74 Å². The molecule has 138 valence electrons. The number of carbonyl (C=O) groups excluding carboxylic acids is 2. The van der Waals surface area contributed by atoms with Gasteiger partial charge in [-0.2, -0.15) is 5.11 Å². The van der Waals surface area contributed by atoms with Gasteiger partial charge in [0, 0.05) is 0 Å². The summed E-state index contributed by atoms with van der Waals surface area (Å²) in [5, 5.41) is 9.52. The number of benzene rings is 2. The van der Waals surface area contributed by atoms with E-state index in [2.05, 4.69) is 10.3 Å². The van der Waals surface area contributed by atoms with E-state index < -0.39 is 29.7 Å². The molecule has 2 aromatic carbocycles. The molecular weight excluding hydrogens is 351 g/mol. The van der Waals surface area contributed by atoms with E-state index in [1.54, 1.807) is 0 Å². The Balaban J connectivity index is 1.53. The SMILES string of the molecule is CCOc1ccc(CN2N=N[C@@H]3C(=O)N(c4ccc(F)cc4)C(=O)[C@@H]32)cc1. The van der Waals surface area contributed by atoms with Crippen LogP contribution in [0.25, 0.3) is 0 Å². The first-order chi connectivity index (χ1) is 13.1. The summed E-state index contributed by atoms with van der Waals surface area (Å²) in [6.45, 7) is 2.83. The van der Waals surface area contributed by atoms with Gasteiger partial charge in [-0.25, -0.2) is 9.29 Å². The Bertz CT molecular complexity index is 898. The first-order valence-electron chi connectivity index (χ1n) is 8.61. The molecule has 1 saturated heterocycles. The summed E-state index contributed by atoms with van der Waals surface area (Å²) in [5.41, 5.74) is 1.25. The van der Waals surface area contributed by atoms with Gasteiger partial charge in [0.2, 0.25) is 0 Å². The van der Waals surface area contributed by atoms with E-state index in [1.165, 1.54) is 29.3 Å². The molecule has 7 nitrogen and oxygen atoms in total. The monoisotopic (exact) mass is 368 g/mol. The molecule has 0 aliphatic carbocycles. The van der Waals surface area contributed by atoms with Crippen LogP contribution >= 0.6 is 0 Å². The second-order valence-corrected chi connectivity index (χ2v) is 6.26. The molecule has 2 heterocycles. The molecule has 1 fully saturated rings. The van der Waals surface area contributed by atoms with Crippen LogP contribution in [-0.2, 0) is 16.1 Å². The van der Waals surface area contributed by atoms with Crippen molar-refractivity contribution in [3.05, 3.63) is 59.9 Å². The zero-order valence-electron chi connectivity index (χ0n) is 14.6. The second kappa shape index (κ2) is 6.79. The van der Waals surface area contributed by atoms with Gasteiger partial charge in [0.15, 0.2) is 12.1 Å². The van der Waals surface area contributed by atoms with Crippen LogP contribution in [-0.4, -0.2) is 35.5 Å². The lowest BCUT2D eigenvalue weighted by Crippen LogP contribution is -2.39. The number of anilines is 1. The van der Waals surface area contributed by atoms with E-state index in [4.69, 9.17) is 4.74 Å². The molecule has 2 aromatic rings. The van der Waals surface area contributed by atoms with Crippen LogP contribution in [0.3, 0.4) is 0 Å². The third-order valence-corrected chi connectivity index (χ3v) is 4.52. The number of hydrogen-bond acceptors (Lipinski definition) is 6. The zero-order chi connectivity index (χ0) is 19.0. The lowest BCUT2D eigenvalue weighted by atomic mass is 10.1. The van der Waals surface area contributed by atoms with Crippen LogP contribution in [0.4, 0.5) is 10.1 Å². The number of rotatable bonds is 5. The van der Waals surface area contributed by atoms with Crippen LogP contribution in [0, 0.1) is 5.82 Å². The Labute approximate surface area is 155 Å². The van der Waals surface area contributed by atoms with Crippen LogP contribution in [0.15, 0.2) is 58.9 Å². The Kier molecular flexibility index (Phi) is 4.31. The molecule has 0 aromatic heterocycles. The number of halogens is 1. The highest BCUT2D eigenvalue weighted by atomic mass is 19.1. The molecule has 0 unspecified atom stereocenters. The number of imide groups is 1. The minimum absolute atomic E-state index is 0.331. The number of amides is 2. The summed E-state index contributed by atoms with van der Waals surface area (Å²) in [6, 6.07) is 11.0. The van der Waals surface area contributed by atoms with E-state index in [-0.39, 0.29) is 0 Å². The standard InChI is InChI=1S/C19H17FN4O3/c1-2-27-15-9-3-12(4-10-15)11-23-17-16(21-22-23)18(25)24(19(17)26)14-7-5-13(20)6-8-14/h3-10,16-17H,2,11H2,1H3/t16-,17+/m0/s1. The second-order valence-electron chi connectivity index (χ2n) is 6.26. The van der Waals surface area contributed by atoms with Gasteiger partial charge in [-0.1, -0.05) is 17.4 Å². The van der Waals surface area contributed by atoms with Crippen molar-refractivity contribution >= 4 is 17.5 Å². The molecule has 4 rings (SSSR count). The fourth-order valence-electron chi connectivity index (χ4n) is 3.24. The Morgan fingerprint density at radius 1 is 1.04 bits per heavy atom. The normalized spacial score (nSPS) is 21.1. The van der Waals surface area contributed by atoms with Crippen LogP contribution < -0.4 is 9.64 Å². The highest BCUT2D eigenvalue weighted by Gasteiger charge is 2.54. The molecule has 0 radical (unpaired) electrons. The minimum Gasteiger partial charge on any atom is -0.494 e. The number of nitrogens with zero attached hydrogens (tertiary/aromatic N) is 4. The van der Waals surface area contributed by atoms with Crippen molar-refractivity contribution in [2.24, 2.45) is 10.3 Å². The molecule has 2 aliphatic heterocycles. The van der Waals surface area contributed by atoms with Gasteiger partial charge in [0.05, 0.1) is 18.8 Å². The maximum absolute atomic E-state index is 13.1. The van der Waals surface area contributed by atoms with Gasteiger partial charge in [0.1, 0.15) is 11.6 Å². The Morgan fingerprint density at radius 3 is 2.41 bits per heavy atom. The van der Waals surface area contributed by atoms with Crippen LogP contribution in [0.1, 0.15) is 12.5 Å². The smallest absolute Gasteiger partial charge is 0.263 e. The molecule has 2 amide bonds. The fourth-order valence-corrected chi connectivity index (χ4v) is 3.24. The van der Waals surface area contributed by atoms with Crippen molar-refractivity contribution in [1.82, 2.24) is 5.01 Å². The van der Waals surface area contributed by atoms with Gasteiger partial charge in [-0.15, -0.1) is 0 Å². The van der Waals surface area contributed by atoms with Gasteiger partial charge >= 0.3 is 0 Å². The van der Waals surface area contributed by atoms with Crippen molar-refractivity contribution in [2.75, 3.05) is 11.5 Å². The molecular formula is C19H17FN4O3. The van der Waals surface area contributed by atoms with Crippen molar-refractivity contribution in [3.63, 3.8) is 0 Å². The maximum atomic E-state index is 13.1. The molecule has 0 spiro atoms. The van der Waals surface area contributed by atoms with E-state index in [9.17, 15) is 14.0 Å². The number of carbonyl (C=O) groups is 2.